The molecule has 34 heavy (non-hydrogen) atoms. The van der Waals surface area contributed by atoms with Crippen molar-refractivity contribution in [3.05, 3.63) is 87.3 Å². The normalized spacial score (nSPS) is 13.3. The molecule has 8 heteroatoms. The van der Waals surface area contributed by atoms with Gasteiger partial charge in [-0.3, -0.25) is 4.79 Å². The minimum absolute atomic E-state index is 0.154. The average molecular weight is 459 g/mol. The number of benzene rings is 2. The summed E-state index contributed by atoms with van der Waals surface area (Å²) in [6.45, 7) is 3.47. The van der Waals surface area contributed by atoms with Crippen LogP contribution < -0.4 is 15.7 Å². The number of carbonyl (C=O) groups is 1. The zero-order valence-electron chi connectivity index (χ0n) is 19.0. The smallest absolute Gasteiger partial charge is 0.336 e. The summed E-state index contributed by atoms with van der Waals surface area (Å²) in [4.78, 5) is 24.2. The first-order valence-electron chi connectivity index (χ1n) is 11.5. The average Bonchev–Trinajstić information content (AvgIpc) is 3.06. The van der Waals surface area contributed by atoms with E-state index in [-0.39, 0.29) is 11.5 Å². The highest BCUT2D eigenvalue weighted by Gasteiger charge is 2.15. The standard InChI is InChI=1S/C26H26N4O4/c1-17-13-25(31)34-22-14-20(10-11-21(17)22)33-16-18-6-8-19(9-7-18)26(32)27-15-24-29-28-23-5-3-2-4-12-30(23)24/h6-11,13-14H,2-5,12,15-16H2,1H3,(H,27,32). The molecule has 2 aromatic carbocycles. The largest absolute Gasteiger partial charge is 0.489 e. The van der Waals surface area contributed by atoms with Gasteiger partial charge in [0.25, 0.3) is 5.91 Å². The molecule has 0 saturated heterocycles. The van der Waals surface area contributed by atoms with Crippen LogP contribution in [0, 0.1) is 6.92 Å². The van der Waals surface area contributed by atoms with E-state index in [1.807, 2.05) is 31.2 Å². The molecule has 0 radical (unpaired) electrons. The Balaban J connectivity index is 1.18. The maximum atomic E-state index is 12.6. The maximum absolute atomic E-state index is 12.6. The zero-order chi connectivity index (χ0) is 23.5. The zero-order valence-corrected chi connectivity index (χ0v) is 19.0. The third-order valence-corrected chi connectivity index (χ3v) is 6.14. The predicted molar refractivity (Wildman–Crippen MR) is 127 cm³/mol. The Labute approximate surface area is 196 Å². The lowest BCUT2D eigenvalue weighted by atomic mass is 10.1. The molecule has 0 saturated carbocycles. The second kappa shape index (κ2) is 9.51. The second-order valence-electron chi connectivity index (χ2n) is 8.57. The highest BCUT2D eigenvalue weighted by Crippen LogP contribution is 2.23. The van der Waals surface area contributed by atoms with Gasteiger partial charge < -0.3 is 19.0 Å². The SMILES string of the molecule is Cc1cc(=O)oc2cc(OCc3ccc(C(=O)NCc4nnc5n4CCCCC5)cc3)ccc12. The number of carbonyl (C=O) groups excluding carboxylic acids is 1. The van der Waals surface area contributed by atoms with E-state index in [9.17, 15) is 9.59 Å². The number of ether oxygens (including phenoxy) is 1. The van der Waals surface area contributed by atoms with Crippen LogP contribution in [0.25, 0.3) is 11.0 Å². The molecule has 0 aliphatic carbocycles. The lowest BCUT2D eigenvalue weighted by Gasteiger charge is -2.10. The van der Waals surface area contributed by atoms with Crippen LogP contribution in [0.4, 0.5) is 0 Å². The van der Waals surface area contributed by atoms with Crippen molar-refractivity contribution in [2.45, 2.75) is 52.3 Å². The lowest BCUT2D eigenvalue weighted by Crippen LogP contribution is -2.25. The summed E-state index contributed by atoms with van der Waals surface area (Å²) in [7, 11) is 0. The van der Waals surface area contributed by atoms with Gasteiger partial charge in [0.1, 0.15) is 23.8 Å². The van der Waals surface area contributed by atoms with Crippen LogP contribution in [0.2, 0.25) is 0 Å². The van der Waals surface area contributed by atoms with Crippen molar-refractivity contribution in [2.24, 2.45) is 0 Å². The fraction of sp³-hybridized carbons (Fsp3) is 0.308. The molecule has 0 unspecified atom stereocenters. The van der Waals surface area contributed by atoms with Crippen molar-refractivity contribution in [3.8, 4) is 5.75 Å². The molecular weight excluding hydrogens is 432 g/mol. The summed E-state index contributed by atoms with van der Waals surface area (Å²) in [6, 6.07) is 14.2. The van der Waals surface area contributed by atoms with E-state index in [1.54, 1.807) is 18.2 Å². The van der Waals surface area contributed by atoms with Gasteiger partial charge in [-0.15, -0.1) is 10.2 Å². The molecule has 1 aliphatic heterocycles. The van der Waals surface area contributed by atoms with Gasteiger partial charge in [-0.1, -0.05) is 18.6 Å². The van der Waals surface area contributed by atoms with Crippen LogP contribution >= 0.6 is 0 Å². The van der Waals surface area contributed by atoms with E-state index in [2.05, 4.69) is 20.1 Å². The molecule has 0 bridgehead atoms. The Morgan fingerprint density at radius 3 is 2.79 bits per heavy atom. The van der Waals surface area contributed by atoms with Crippen molar-refractivity contribution in [1.82, 2.24) is 20.1 Å². The Bertz CT molecular complexity index is 1390. The molecule has 4 aromatic rings. The lowest BCUT2D eigenvalue weighted by molar-refractivity contribution is 0.0949. The highest BCUT2D eigenvalue weighted by atomic mass is 16.5. The first-order valence-corrected chi connectivity index (χ1v) is 11.5. The van der Waals surface area contributed by atoms with E-state index in [0.29, 0.717) is 30.0 Å². The quantitative estimate of drug-likeness (QED) is 0.440. The molecule has 174 valence electrons. The highest BCUT2D eigenvalue weighted by molar-refractivity contribution is 5.94. The van der Waals surface area contributed by atoms with Crippen molar-refractivity contribution in [1.29, 1.82) is 0 Å². The minimum Gasteiger partial charge on any atom is -0.489 e. The van der Waals surface area contributed by atoms with Gasteiger partial charge >= 0.3 is 5.63 Å². The van der Waals surface area contributed by atoms with E-state index in [0.717, 1.165) is 54.0 Å². The van der Waals surface area contributed by atoms with Gasteiger partial charge in [0.2, 0.25) is 0 Å². The molecule has 0 spiro atoms. The number of nitrogens with zero attached hydrogens (tertiary/aromatic N) is 3. The van der Waals surface area contributed by atoms with Gasteiger partial charge in [0.15, 0.2) is 5.82 Å². The van der Waals surface area contributed by atoms with Crippen molar-refractivity contribution in [3.63, 3.8) is 0 Å². The minimum atomic E-state index is -0.379. The fourth-order valence-electron chi connectivity index (χ4n) is 4.25. The summed E-state index contributed by atoms with van der Waals surface area (Å²) in [5.74, 6) is 2.26. The summed E-state index contributed by atoms with van der Waals surface area (Å²) < 4.78 is 13.3. The number of hydrogen-bond acceptors (Lipinski definition) is 6. The van der Waals surface area contributed by atoms with Crippen LogP contribution in [-0.4, -0.2) is 20.7 Å². The van der Waals surface area contributed by atoms with Crippen molar-refractivity contribution >= 4 is 16.9 Å². The Hall–Kier alpha value is -3.94. The monoisotopic (exact) mass is 458 g/mol. The molecule has 3 heterocycles. The molecule has 5 rings (SSSR count). The third-order valence-electron chi connectivity index (χ3n) is 6.14. The van der Waals surface area contributed by atoms with E-state index in [1.165, 1.54) is 12.5 Å². The van der Waals surface area contributed by atoms with Crippen LogP contribution in [0.3, 0.4) is 0 Å². The number of fused-ring (bicyclic) bond motifs is 2. The summed E-state index contributed by atoms with van der Waals surface area (Å²) >= 11 is 0. The number of nitrogens with one attached hydrogen (secondary N) is 1. The van der Waals surface area contributed by atoms with Gasteiger partial charge in [-0.05, 0) is 55.2 Å². The molecule has 1 aliphatic rings. The van der Waals surface area contributed by atoms with E-state index < -0.39 is 0 Å². The fourth-order valence-corrected chi connectivity index (χ4v) is 4.25. The molecule has 1 N–H and O–H groups in total. The topological polar surface area (TPSA) is 99.2 Å². The summed E-state index contributed by atoms with van der Waals surface area (Å²) in [5, 5.41) is 12.4. The second-order valence-corrected chi connectivity index (χ2v) is 8.57. The number of amides is 1. The predicted octanol–water partition coefficient (Wildman–Crippen LogP) is 3.93. The van der Waals surface area contributed by atoms with Gasteiger partial charge in [-0.25, -0.2) is 4.79 Å². The first-order chi connectivity index (χ1) is 16.6. The van der Waals surface area contributed by atoms with Crippen LogP contribution in [0.5, 0.6) is 5.75 Å². The third kappa shape index (κ3) is 4.71. The maximum Gasteiger partial charge on any atom is 0.336 e. The molecular formula is C26H26N4O4. The molecule has 8 nitrogen and oxygen atoms in total. The molecule has 0 fully saturated rings. The Kier molecular flexibility index (Phi) is 6.12. The van der Waals surface area contributed by atoms with Crippen LogP contribution in [0.15, 0.2) is 57.7 Å². The van der Waals surface area contributed by atoms with Crippen molar-refractivity contribution in [2.75, 3.05) is 0 Å². The van der Waals surface area contributed by atoms with Gasteiger partial charge in [0.05, 0.1) is 6.54 Å². The van der Waals surface area contributed by atoms with E-state index in [4.69, 9.17) is 9.15 Å². The van der Waals surface area contributed by atoms with Crippen LogP contribution in [-0.2, 0) is 26.1 Å². The molecule has 1 amide bonds. The summed E-state index contributed by atoms with van der Waals surface area (Å²) in [6.07, 6.45) is 4.39. The first kappa shape index (κ1) is 21.9. The van der Waals surface area contributed by atoms with Crippen LogP contribution in [0.1, 0.15) is 52.4 Å². The number of rotatable bonds is 6. The number of aryl methyl sites for hydroxylation is 2. The summed E-state index contributed by atoms with van der Waals surface area (Å²) in [5.41, 5.74) is 2.48. The van der Waals surface area contributed by atoms with Gasteiger partial charge in [-0.2, -0.15) is 0 Å². The number of hydrogen-bond donors (Lipinski definition) is 1. The van der Waals surface area contributed by atoms with Gasteiger partial charge in [0, 0.05) is 36.0 Å². The molecule has 2 aromatic heterocycles. The Morgan fingerprint density at radius 2 is 1.94 bits per heavy atom. The van der Waals surface area contributed by atoms with Crippen molar-refractivity contribution < 1.29 is 13.9 Å². The molecule has 0 atom stereocenters. The van der Waals surface area contributed by atoms with E-state index >= 15 is 0 Å². The number of aromatic nitrogens is 3. The Morgan fingerprint density at radius 1 is 1.09 bits per heavy atom.